The van der Waals surface area contributed by atoms with E-state index in [-0.39, 0.29) is 32.3 Å². The van der Waals surface area contributed by atoms with Crippen molar-refractivity contribution in [3.63, 3.8) is 0 Å². The van der Waals surface area contributed by atoms with Crippen molar-refractivity contribution in [1.82, 2.24) is 11.5 Å². The zero-order valence-corrected chi connectivity index (χ0v) is 11.7. The Morgan fingerprint density at radius 2 is 1.68 bits per heavy atom. The van der Waals surface area contributed by atoms with Crippen LogP contribution >= 0.6 is 0 Å². The summed E-state index contributed by atoms with van der Waals surface area (Å²) in [6.07, 6.45) is -1.55. The van der Waals surface area contributed by atoms with Crippen LogP contribution in [0, 0.1) is 5.41 Å². The van der Waals surface area contributed by atoms with E-state index in [0.29, 0.717) is 0 Å². The van der Waals surface area contributed by atoms with E-state index < -0.39 is 23.4 Å². The molecule has 1 atom stereocenters. The number of hydrogen-bond acceptors (Lipinski definition) is 6. The smallest absolute Gasteiger partial charge is 0.305 e. The quantitative estimate of drug-likeness (QED) is 0.368. The lowest BCUT2D eigenvalue weighted by Crippen LogP contribution is -2.45. The van der Waals surface area contributed by atoms with Crippen molar-refractivity contribution in [3.05, 3.63) is 0 Å². The summed E-state index contributed by atoms with van der Waals surface area (Å²) in [4.78, 5) is 21.4. The molecular weight excluding hydrogens is 256 g/mol. The fourth-order valence-electron chi connectivity index (χ4n) is 0.831. The Labute approximate surface area is 113 Å². The largest absolute Gasteiger partial charge is 0.481 e. The minimum Gasteiger partial charge on any atom is -0.481 e. The van der Waals surface area contributed by atoms with Gasteiger partial charge in [0.05, 0.1) is 13.0 Å². The van der Waals surface area contributed by atoms with E-state index >= 15 is 0 Å². The number of carbonyl (C=O) groups excluding carboxylic acids is 1. The summed E-state index contributed by atoms with van der Waals surface area (Å²) in [5.41, 5.74) is -0.937. The molecule has 0 aliphatic carbocycles. The van der Waals surface area contributed by atoms with Gasteiger partial charge in [0.2, 0.25) is 5.91 Å². The number of aliphatic hydroxyl groups excluding tert-OH is 3. The highest BCUT2D eigenvalue weighted by Gasteiger charge is 2.32. The third kappa shape index (κ3) is 11.6. The normalized spacial score (nSPS) is 11.5. The second kappa shape index (κ2) is 11.8. The van der Waals surface area contributed by atoms with Gasteiger partial charge in [0.1, 0.15) is 6.10 Å². The molecule has 0 saturated carbocycles. The molecule has 0 aliphatic heterocycles. The number of aliphatic hydroxyl groups is 3. The highest BCUT2D eigenvalue weighted by atomic mass is 16.4. The van der Waals surface area contributed by atoms with Gasteiger partial charge in [0, 0.05) is 18.6 Å². The van der Waals surface area contributed by atoms with Gasteiger partial charge in [-0.05, 0) is 6.92 Å². The van der Waals surface area contributed by atoms with E-state index in [1.807, 2.05) is 0 Å². The van der Waals surface area contributed by atoms with Gasteiger partial charge in [-0.1, -0.05) is 13.8 Å². The van der Waals surface area contributed by atoms with Gasteiger partial charge in [0.25, 0.3) is 0 Å². The molecule has 8 nitrogen and oxygen atoms in total. The topological polar surface area (TPSA) is 162 Å². The van der Waals surface area contributed by atoms with Crippen LogP contribution in [0.15, 0.2) is 0 Å². The minimum absolute atomic E-state index is 0. The maximum absolute atomic E-state index is 11.3. The van der Waals surface area contributed by atoms with Crippen LogP contribution in [-0.2, 0) is 9.59 Å². The molecule has 0 radical (unpaired) electrons. The molecule has 0 saturated heterocycles. The Bertz CT molecular complexity index is 258. The lowest BCUT2D eigenvalue weighted by molar-refractivity contribution is -0.138. The van der Waals surface area contributed by atoms with Gasteiger partial charge in [-0.3, -0.25) is 9.59 Å². The number of carbonyl (C=O) groups is 2. The van der Waals surface area contributed by atoms with E-state index in [4.69, 9.17) is 15.3 Å². The first-order chi connectivity index (χ1) is 8.22. The molecule has 1 unspecified atom stereocenters. The zero-order valence-electron chi connectivity index (χ0n) is 11.7. The first-order valence-electron chi connectivity index (χ1n) is 5.62. The summed E-state index contributed by atoms with van der Waals surface area (Å²) in [6.45, 7) is 4.64. The number of aliphatic carboxylic acids is 1. The minimum atomic E-state index is -1.35. The van der Waals surface area contributed by atoms with Crippen LogP contribution in [0.3, 0.4) is 0 Å². The van der Waals surface area contributed by atoms with Gasteiger partial charge < -0.3 is 31.9 Å². The van der Waals surface area contributed by atoms with Gasteiger partial charge in [-0.15, -0.1) is 0 Å². The van der Waals surface area contributed by atoms with Gasteiger partial charge >= 0.3 is 5.97 Å². The van der Waals surface area contributed by atoms with E-state index in [2.05, 4.69) is 5.32 Å². The standard InChI is InChI=1S/C9H17NO5.C2H6O.H3N/c1-9(2,5-11)7(14)8(15)10-4-3-6(12)13;1-2-3;/h7,11,14H,3-5H2,1-2H3,(H,10,15)(H,12,13);3H,2H2,1H3;1H3. The van der Waals surface area contributed by atoms with E-state index in [1.165, 1.54) is 13.8 Å². The Morgan fingerprint density at radius 3 is 2.00 bits per heavy atom. The van der Waals surface area contributed by atoms with Gasteiger partial charge in [-0.2, -0.15) is 0 Å². The van der Waals surface area contributed by atoms with E-state index in [1.54, 1.807) is 6.92 Å². The monoisotopic (exact) mass is 282 g/mol. The molecule has 1 amide bonds. The molecule has 116 valence electrons. The van der Waals surface area contributed by atoms with Crippen LogP contribution in [0.2, 0.25) is 0 Å². The van der Waals surface area contributed by atoms with Crippen LogP contribution in [0.5, 0.6) is 0 Å². The van der Waals surface area contributed by atoms with Crippen molar-refractivity contribution < 1.29 is 30.0 Å². The number of amides is 1. The van der Waals surface area contributed by atoms with Crippen LogP contribution < -0.4 is 11.5 Å². The van der Waals surface area contributed by atoms with Crippen LogP contribution in [-0.4, -0.2) is 58.2 Å². The molecular formula is C11H26N2O6. The fraction of sp³-hybridized carbons (Fsp3) is 0.818. The molecule has 19 heavy (non-hydrogen) atoms. The zero-order chi connectivity index (χ0) is 14.8. The summed E-state index contributed by atoms with van der Waals surface area (Å²) >= 11 is 0. The number of rotatable bonds is 6. The highest BCUT2D eigenvalue weighted by Crippen LogP contribution is 2.19. The average molecular weight is 282 g/mol. The van der Waals surface area contributed by atoms with E-state index in [0.717, 1.165) is 0 Å². The number of carboxylic acids is 1. The van der Waals surface area contributed by atoms with Crippen molar-refractivity contribution >= 4 is 11.9 Å². The number of carboxylic acid groups (broad SMARTS) is 1. The molecule has 0 aromatic carbocycles. The molecule has 0 heterocycles. The lowest BCUT2D eigenvalue weighted by Gasteiger charge is -2.26. The Kier molecular flexibility index (Phi) is 14.3. The molecule has 8 N–H and O–H groups in total. The lowest BCUT2D eigenvalue weighted by atomic mass is 9.87. The van der Waals surface area contributed by atoms with E-state index in [9.17, 15) is 14.7 Å². The summed E-state index contributed by atoms with van der Waals surface area (Å²) in [5.74, 6) is -1.69. The SMILES string of the molecule is CC(C)(CO)C(O)C(=O)NCCC(=O)O.CCO.N. The predicted octanol–water partition coefficient (Wildman–Crippen LogP) is -0.883. The fourth-order valence-corrected chi connectivity index (χ4v) is 0.831. The highest BCUT2D eigenvalue weighted by molar-refractivity contribution is 5.81. The van der Waals surface area contributed by atoms with Crippen LogP contribution in [0.25, 0.3) is 0 Å². The summed E-state index contributed by atoms with van der Waals surface area (Å²) in [7, 11) is 0. The molecule has 0 fully saturated rings. The first-order valence-corrected chi connectivity index (χ1v) is 5.62. The van der Waals surface area contributed by atoms with Gasteiger partial charge in [-0.25, -0.2) is 0 Å². The van der Waals surface area contributed by atoms with Crippen LogP contribution in [0.1, 0.15) is 27.2 Å². The second-order valence-electron chi connectivity index (χ2n) is 4.30. The number of hydrogen-bond donors (Lipinski definition) is 6. The second-order valence-corrected chi connectivity index (χ2v) is 4.30. The predicted molar refractivity (Wildman–Crippen MR) is 69.9 cm³/mol. The third-order valence-electron chi connectivity index (χ3n) is 2.03. The molecule has 0 rings (SSSR count). The molecule has 0 aliphatic rings. The average Bonchev–Trinajstić information content (AvgIpc) is 2.28. The third-order valence-corrected chi connectivity index (χ3v) is 2.03. The maximum atomic E-state index is 11.3. The van der Waals surface area contributed by atoms with Crippen LogP contribution in [0.4, 0.5) is 0 Å². The van der Waals surface area contributed by atoms with Gasteiger partial charge in [0.15, 0.2) is 0 Å². The molecule has 0 spiro atoms. The maximum Gasteiger partial charge on any atom is 0.305 e. The molecule has 0 bridgehead atoms. The summed E-state index contributed by atoms with van der Waals surface area (Å²) < 4.78 is 0. The van der Waals surface area contributed by atoms with Crippen molar-refractivity contribution in [1.29, 1.82) is 0 Å². The van der Waals surface area contributed by atoms with Crippen molar-refractivity contribution in [2.24, 2.45) is 5.41 Å². The molecule has 8 heteroatoms. The van der Waals surface area contributed by atoms with Crippen molar-refractivity contribution in [2.45, 2.75) is 33.3 Å². The Balaban J connectivity index is -0.000000580. The molecule has 0 aromatic heterocycles. The molecule has 0 aromatic rings. The summed E-state index contributed by atoms with van der Waals surface area (Å²) in [5, 5.41) is 36.5. The van der Waals surface area contributed by atoms with Crippen molar-refractivity contribution in [3.8, 4) is 0 Å². The summed E-state index contributed by atoms with van der Waals surface area (Å²) in [6, 6.07) is 0. The van der Waals surface area contributed by atoms with Crippen molar-refractivity contribution in [2.75, 3.05) is 19.8 Å². The Hall–Kier alpha value is -1.22. The Morgan fingerprint density at radius 1 is 1.26 bits per heavy atom. The number of nitrogens with one attached hydrogen (secondary N) is 1. The first kappa shape index (κ1) is 22.9.